The highest BCUT2D eigenvalue weighted by atomic mass is 18.4. The Balaban J connectivity index is 2.67. The lowest BCUT2D eigenvalue weighted by atomic mass is 9.89. The molecule has 1 heterocycles. The predicted octanol–water partition coefficient (Wildman–Crippen LogP) is 3.18. The smallest absolute Gasteiger partial charge is 0.345 e. The summed E-state index contributed by atoms with van der Waals surface area (Å²) in [7, 11) is 1.28. The third kappa shape index (κ3) is 7.16. The van der Waals surface area contributed by atoms with Crippen molar-refractivity contribution < 1.29 is 34.1 Å². The number of esters is 2. The maximum Gasteiger partial charge on any atom is 0.345 e. The van der Waals surface area contributed by atoms with Crippen LogP contribution in [0.1, 0.15) is 52.9 Å². The molecular weight excluding hydrogens is 385 g/mol. The predicted molar refractivity (Wildman–Crippen MR) is 108 cm³/mol. The number of hydrogen-bond acceptors (Lipinski definition) is 7. The SMILES string of the molecule is C=C(C/C=C/[C@@H](C(=O)OC)[C@H](O)[C@@H](C)CC)CC/C(O)=C1/[13C](=[18O])C[13C@@H](C)[18O][13C]1=[18O]. The summed E-state index contributed by atoms with van der Waals surface area (Å²) in [6.07, 6.45) is 3.64. The molecular formula is C22H32O7. The number of rotatable bonds is 10. The van der Waals surface area contributed by atoms with Gasteiger partial charge in [0.15, 0.2) is 5.78 Å². The molecule has 0 aromatic rings. The Morgan fingerprint density at radius 1 is 1.41 bits per heavy atom. The van der Waals surface area contributed by atoms with Crippen molar-refractivity contribution in [3.63, 3.8) is 0 Å². The molecule has 0 saturated carbocycles. The van der Waals surface area contributed by atoms with Crippen LogP contribution in [0.2, 0.25) is 0 Å². The largest absolute Gasteiger partial charge is 0.511 e. The van der Waals surface area contributed by atoms with E-state index >= 15 is 0 Å². The average molecular weight is 417 g/mol. The minimum absolute atomic E-state index is 0.0578. The minimum atomic E-state index is -0.850. The van der Waals surface area contributed by atoms with Gasteiger partial charge in [0.25, 0.3) is 0 Å². The van der Waals surface area contributed by atoms with E-state index in [-0.39, 0.29) is 30.1 Å². The molecule has 0 aromatic heterocycles. The van der Waals surface area contributed by atoms with Gasteiger partial charge in [0.05, 0.1) is 13.2 Å². The van der Waals surface area contributed by atoms with E-state index in [1.54, 1.807) is 19.1 Å². The summed E-state index contributed by atoms with van der Waals surface area (Å²) < 4.78 is 9.77. The molecule has 1 aliphatic heterocycles. The highest BCUT2D eigenvalue weighted by Crippen LogP contribution is 2.23. The Bertz CT molecular complexity index is 669. The van der Waals surface area contributed by atoms with E-state index in [1.807, 2.05) is 13.8 Å². The first-order chi connectivity index (χ1) is 13.6. The van der Waals surface area contributed by atoms with Gasteiger partial charge in [-0.05, 0) is 25.7 Å². The van der Waals surface area contributed by atoms with Crippen LogP contribution in [0.15, 0.2) is 35.6 Å². The Kier molecular flexibility index (Phi) is 9.81. The van der Waals surface area contributed by atoms with Crippen molar-refractivity contribution in [3.8, 4) is 0 Å². The number of carbonyl (C=O) groups excluding carboxylic acids is 3. The number of hydrogen-bond donors (Lipinski definition) is 2. The average Bonchev–Trinajstić information content (AvgIpc) is 2.67. The van der Waals surface area contributed by atoms with E-state index in [0.29, 0.717) is 12.8 Å². The summed E-state index contributed by atoms with van der Waals surface area (Å²) in [5.41, 5.74) is 0.453. The van der Waals surface area contributed by atoms with Crippen molar-refractivity contribution >= 4 is 17.7 Å². The van der Waals surface area contributed by atoms with Gasteiger partial charge in [0.2, 0.25) is 0 Å². The maximum atomic E-state index is 12.0. The Morgan fingerprint density at radius 2 is 2.07 bits per heavy atom. The summed E-state index contributed by atoms with van der Waals surface area (Å²) in [6.45, 7) is 9.33. The molecule has 2 N–H and O–H groups in total. The summed E-state index contributed by atoms with van der Waals surface area (Å²) in [4.78, 5) is 35.7. The van der Waals surface area contributed by atoms with Gasteiger partial charge in [0, 0.05) is 12.8 Å². The monoisotopic (exact) mass is 417 g/mol. The lowest BCUT2D eigenvalue weighted by Gasteiger charge is -2.22. The molecule has 1 aliphatic rings. The Labute approximate surface area is 172 Å². The number of allylic oxidation sites excluding steroid dienone is 3. The van der Waals surface area contributed by atoms with Gasteiger partial charge in [-0.1, -0.05) is 44.6 Å². The molecule has 1 saturated heterocycles. The van der Waals surface area contributed by atoms with Crippen LogP contribution in [0.4, 0.5) is 0 Å². The molecule has 0 bridgehead atoms. The number of cyclic esters (lactones) is 1. The molecule has 0 radical (unpaired) electrons. The van der Waals surface area contributed by atoms with E-state index in [4.69, 9.17) is 9.47 Å². The van der Waals surface area contributed by atoms with Crippen LogP contribution in [-0.2, 0) is 23.9 Å². The lowest BCUT2D eigenvalue weighted by molar-refractivity contribution is -0.150. The van der Waals surface area contributed by atoms with E-state index in [0.717, 1.165) is 12.0 Å². The first kappa shape index (κ1) is 24.6. The van der Waals surface area contributed by atoms with Crippen molar-refractivity contribution in [2.24, 2.45) is 11.8 Å². The summed E-state index contributed by atoms with van der Waals surface area (Å²) >= 11 is 0. The van der Waals surface area contributed by atoms with E-state index < -0.39 is 35.8 Å². The highest BCUT2D eigenvalue weighted by molar-refractivity contribution is 6.19. The standard InChI is InChI=1S/C22H32O7/c1-6-14(3)20(25)16(21(26)28-5)9-7-8-13(2)10-11-17(23)19-18(24)12-15(4)29-22(19)27/h7,9,14-16,20,23,25H,2,6,8,10-12H2,1,3-5H3/b9-7+,19-17+/t14-,15+,16+,20+/m0/s1/i15+1,18+1,22+1,24+2,27+2,29+2. The summed E-state index contributed by atoms with van der Waals surface area (Å²) in [5, 5.41) is 20.5. The quantitative estimate of drug-likeness (QED) is 0.107. The second kappa shape index (κ2) is 11.6. The molecule has 0 unspecified atom stereocenters. The Morgan fingerprint density at radius 3 is 2.62 bits per heavy atom. The normalized spacial score (nSPS) is 22.0. The summed E-state index contributed by atoms with van der Waals surface area (Å²) in [5.74, 6) is -2.85. The molecule has 7 heteroatoms. The number of Topliss-reactive ketones (excluding diaryl/α,β-unsaturated/α-hetero) is 1. The number of methoxy groups -OCH3 is 1. The lowest BCUT2D eigenvalue weighted by Crippen LogP contribution is -2.32. The number of carbonyl (C=O) groups is 3. The van der Waals surface area contributed by atoms with Gasteiger partial charge in [-0.3, -0.25) is 9.59 Å². The highest BCUT2D eigenvalue weighted by Gasteiger charge is 2.32. The Hall–Kier alpha value is -2.41. The molecule has 4 atom stereocenters. The molecule has 162 valence electrons. The minimum Gasteiger partial charge on any atom is -0.511 e. The van der Waals surface area contributed by atoms with Gasteiger partial charge in [-0.2, -0.15) is 0 Å². The van der Waals surface area contributed by atoms with Crippen LogP contribution in [0.3, 0.4) is 0 Å². The first-order valence-electron chi connectivity index (χ1n) is 9.87. The van der Waals surface area contributed by atoms with Crippen LogP contribution in [0.5, 0.6) is 0 Å². The number of ketones is 1. The molecule has 29 heavy (non-hydrogen) atoms. The van der Waals surface area contributed by atoms with Crippen LogP contribution in [-0.4, -0.2) is 47.3 Å². The number of aliphatic hydroxyl groups excluding tert-OH is 2. The molecule has 1 fully saturated rings. The van der Waals surface area contributed by atoms with Gasteiger partial charge in [0.1, 0.15) is 23.4 Å². The van der Waals surface area contributed by atoms with Gasteiger partial charge in [-0.25, -0.2) is 4.79 Å². The molecule has 0 amide bonds. The molecule has 1 rings (SSSR count). The van der Waals surface area contributed by atoms with Crippen LogP contribution < -0.4 is 0 Å². The van der Waals surface area contributed by atoms with Gasteiger partial charge < -0.3 is 19.7 Å². The zero-order valence-corrected chi connectivity index (χ0v) is 17.6. The fraction of sp³-hybridized carbons (Fsp3) is 0.591. The summed E-state index contributed by atoms with van der Waals surface area (Å²) in [6, 6.07) is 0. The maximum absolute atomic E-state index is 12.0. The van der Waals surface area contributed by atoms with Crippen LogP contribution >= 0.6 is 0 Å². The van der Waals surface area contributed by atoms with E-state index in [2.05, 4.69) is 6.58 Å². The molecule has 0 aliphatic carbocycles. The van der Waals surface area contributed by atoms with Crippen LogP contribution in [0, 0.1) is 11.8 Å². The van der Waals surface area contributed by atoms with Crippen molar-refractivity contribution in [2.75, 3.05) is 7.11 Å². The molecule has 7 nitrogen and oxygen atoms in total. The zero-order chi connectivity index (χ0) is 22.1. The molecule has 0 spiro atoms. The molecule has 0 aromatic carbocycles. The van der Waals surface area contributed by atoms with Crippen molar-refractivity contribution in [1.29, 1.82) is 0 Å². The fourth-order valence-corrected chi connectivity index (χ4v) is 3.01. The zero-order valence-electron chi connectivity index (χ0n) is 17.6. The van der Waals surface area contributed by atoms with Gasteiger partial charge in [-0.15, -0.1) is 0 Å². The second-order valence-corrected chi connectivity index (χ2v) is 7.47. The third-order valence-electron chi connectivity index (χ3n) is 5.09. The van der Waals surface area contributed by atoms with E-state index in [1.165, 1.54) is 7.11 Å². The topological polar surface area (TPSA) is 110 Å². The van der Waals surface area contributed by atoms with Crippen molar-refractivity contribution in [1.82, 2.24) is 0 Å². The van der Waals surface area contributed by atoms with Crippen molar-refractivity contribution in [3.05, 3.63) is 35.6 Å². The third-order valence-corrected chi connectivity index (χ3v) is 5.09. The van der Waals surface area contributed by atoms with Crippen molar-refractivity contribution in [2.45, 2.75) is 65.1 Å². The fourth-order valence-electron chi connectivity index (χ4n) is 3.01. The number of ether oxygens (including phenoxy) is 2. The number of aliphatic hydroxyl groups is 2. The van der Waals surface area contributed by atoms with Crippen LogP contribution in [0.25, 0.3) is 0 Å². The van der Waals surface area contributed by atoms with E-state index in [9.17, 15) is 24.6 Å². The van der Waals surface area contributed by atoms with Gasteiger partial charge >= 0.3 is 11.9 Å². The second-order valence-electron chi connectivity index (χ2n) is 7.47. The first-order valence-corrected chi connectivity index (χ1v) is 9.87.